The van der Waals surface area contributed by atoms with Crippen molar-refractivity contribution in [3.05, 3.63) is 29.3 Å². The van der Waals surface area contributed by atoms with Crippen LogP contribution >= 0.6 is 0 Å². The molecule has 0 amide bonds. The van der Waals surface area contributed by atoms with Gasteiger partial charge >= 0.3 is 5.97 Å². The molecule has 1 aromatic rings. The maximum atomic E-state index is 13.5. The van der Waals surface area contributed by atoms with Crippen molar-refractivity contribution in [1.29, 1.82) is 0 Å². The van der Waals surface area contributed by atoms with E-state index in [-0.39, 0.29) is 6.54 Å². The summed E-state index contributed by atoms with van der Waals surface area (Å²) in [5.74, 6) is -2.75. The molecule has 102 valence electrons. The summed E-state index contributed by atoms with van der Waals surface area (Å²) >= 11 is 0. The number of rotatable bonds is 4. The van der Waals surface area contributed by atoms with Gasteiger partial charge in [-0.1, -0.05) is 5.92 Å². The first kappa shape index (κ1) is 15.1. The molecule has 8 heteroatoms. The molecule has 0 saturated heterocycles. The lowest BCUT2D eigenvalue weighted by atomic mass is 10.2. The van der Waals surface area contributed by atoms with Crippen LogP contribution in [0.1, 0.15) is 10.4 Å². The highest BCUT2D eigenvalue weighted by atomic mass is 32.2. The predicted molar refractivity (Wildman–Crippen MR) is 62.0 cm³/mol. The number of nitrogens with zero attached hydrogens (tertiary/aromatic N) is 1. The lowest BCUT2D eigenvalue weighted by Gasteiger charge is -2.15. The number of terminal acetylenes is 1. The minimum absolute atomic E-state index is 0.360. The Balaban J connectivity index is 3.51. The van der Waals surface area contributed by atoms with Crippen LogP contribution in [-0.2, 0) is 10.0 Å². The van der Waals surface area contributed by atoms with Crippen LogP contribution in [0.4, 0.5) is 8.78 Å². The summed E-state index contributed by atoms with van der Waals surface area (Å²) in [5.41, 5.74) is -0.674. The van der Waals surface area contributed by atoms with Crippen molar-refractivity contribution >= 4 is 16.0 Å². The van der Waals surface area contributed by atoms with Crippen molar-refractivity contribution in [2.75, 3.05) is 13.6 Å². The van der Waals surface area contributed by atoms with Crippen molar-refractivity contribution in [2.45, 2.75) is 4.90 Å². The third-order valence-electron chi connectivity index (χ3n) is 2.24. The molecule has 0 aromatic heterocycles. The first-order chi connectivity index (χ1) is 8.71. The largest absolute Gasteiger partial charge is 0.478 e. The summed E-state index contributed by atoms with van der Waals surface area (Å²) in [6, 6.07) is 0.945. The summed E-state index contributed by atoms with van der Waals surface area (Å²) in [7, 11) is -3.33. The van der Waals surface area contributed by atoms with Crippen molar-refractivity contribution in [2.24, 2.45) is 0 Å². The Morgan fingerprint density at radius 3 is 2.53 bits per heavy atom. The van der Waals surface area contributed by atoms with Crippen LogP contribution in [0.2, 0.25) is 0 Å². The minimum atomic E-state index is -4.40. The Hall–Kier alpha value is -1.98. The van der Waals surface area contributed by atoms with Crippen LogP contribution < -0.4 is 0 Å². The molecule has 0 aliphatic carbocycles. The number of sulfonamides is 1. The molecule has 0 aliphatic heterocycles. The van der Waals surface area contributed by atoms with Gasteiger partial charge in [0.2, 0.25) is 10.0 Å². The minimum Gasteiger partial charge on any atom is -0.478 e. The quantitative estimate of drug-likeness (QED) is 0.836. The zero-order valence-corrected chi connectivity index (χ0v) is 10.5. The second-order valence-corrected chi connectivity index (χ2v) is 5.55. The Labute approximate surface area is 108 Å². The van der Waals surface area contributed by atoms with Crippen molar-refractivity contribution in [3.8, 4) is 12.3 Å². The van der Waals surface area contributed by atoms with E-state index in [0.717, 1.165) is 7.05 Å². The average molecular weight is 289 g/mol. The maximum absolute atomic E-state index is 13.5. The fraction of sp³-hybridized carbons (Fsp3) is 0.182. The standard InChI is InChI=1S/C11H9F2NO4S/c1-3-4-14(2)19(17,18)9-6-7(11(15)16)5-8(12)10(9)13/h1,5-6H,4H2,2H3,(H,15,16). The fourth-order valence-electron chi connectivity index (χ4n) is 1.26. The molecule has 0 unspecified atom stereocenters. The van der Waals surface area contributed by atoms with Gasteiger partial charge in [-0.3, -0.25) is 0 Å². The molecule has 5 nitrogen and oxygen atoms in total. The molecule has 0 atom stereocenters. The van der Waals surface area contributed by atoms with Crippen LogP contribution in [0.25, 0.3) is 0 Å². The second kappa shape index (κ2) is 5.34. The summed E-state index contributed by atoms with van der Waals surface area (Å²) < 4.78 is 51.1. The van der Waals surface area contributed by atoms with Gasteiger partial charge in [0.1, 0.15) is 4.90 Å². The number of hydrogen-bond donors (Lipinski definition) is 1. The molecule has 0 heterocycles. The van der Waals surface area contributed by atoms with E-state index in [9.17, 15) is 22.0 Å². The Morgan fingerprint density at radius 1 is 1.47 bits per heavy atom. The van der Waals surface area contributed by atoms with Gasteiger partial charge in [-0.15, -0.1) is 6.42 Å². The lowest BCUT2D eigenvalue weighted by Crippen LogP contribution is -2.28. The molecule has 1 rings (SSSR count). The number of halogens is 2. The Bertz CT molecular complexity index is 664. The lowest BCUT2D eigenvalue weighted by molar-refractivity contribution is 0.0696. The Kier molecular flexibility index (Phi) is 4.24. The number of hydrogen-bond acceptors (Lipinski definition) is 3. The first-order valence-corrected chi connectivity index (χ1v) is 6.28. The molecule has 1 N–H and O–H groups in total. The van der Waals surface area contributed by atoms with Gasteiger partial charge in [0, 0.05) is 7.05 Å². The van der Waals surface area contributed by atoms with Crippen LogP contribution in [0, 0.1) is 24.0 Å². The Morgan fingerprint density at radius 2 is 2.05 bits per heavy atom. The number of benzene rings is 1. The van der Waals surface area contributed by atoms with E-state index in [2.05, 4.69) is 0 Å². The van der Waals surface area contributed by atoms with E-state index < -0.39 is 38.1 Å². The fourth-order valence-corrected chi connectivity index (χ4v) is 2.44. The van der Waals surface area contributed by atoms with E-state index >= 15 is 0 Å². The number of aromatic carboxylic acids is 1. The topological polar surface area (TPSA) is 74.7 Å². The normalized spacial score (nSPS) is 11.3. The van der Waals surface area contributed by atoms with E-state index in [1.807, 2.05) is 5.92 Å². The zero-order chi connectivity index (χ0) is 14.8. The summed E-state index contributed by atoms with van der Waals surface area (Å²) in [6.07, 6.45) is 4.93. The molecule has 0 bridgehead atoms. The van der Waals surface area contributed by atoms with Gasteiger partial charge in [0.25, 0.3) is 0 Å². The molecule has 0 radical (unpaired) electrons. The SMILES string of the molecule is C#CCN(C)S(=O)(=O)c1cc(C(=O)O)cc(F)c1F. The predicted octanol–water partition coefficient (Wildman–Crippen LogP) is 0.917. The molecular weight excluding hydrogens is 280 g/mol. The van der Waals surface area contributed by atoms with Gasteiger partial charge in [0.05, 0.1) is 12.1 Å². The van der Waals surface area contributed by atoms with Crippen LogP contribution in [0.15, 0.2) is 17.0 Å². The molecule has 1 aromatic carbocycles. The zero-order valence-electron chi connectivity index (χ0n) is 9.72. The van der Waals surface area contributed by atoms with Crippen molar-refractivity contribution in [3.63, 3.8) is 0 Å². The second-order valence-electron chi connectivity index (χ2n) is 3.54. The van der Waals surface area contributed by atoms with E-state index in [4.69, 9.17) is 11.5 Å². The number of carbonyl (C=O) groups is 1. The molecular formula is C11H9F2NO4S. The monoisotopic (exact) mass is 289 g/mol. The number of carboxylic acid groups (broad SMARTS) is 1. The average Bonchev–Trinajstić information content (AvgIpc) is 2.32. The summed E-state index contributed by atoms with van der Waals surface area (Å²) in [5, 5.41) is 8.70. The van der Waals surface area contributed by atoms with Crippen LogP contribution in [0.5, 0.6) is 0 Å². The molecule has 0 aliphatic rings. The molecule has 0 spiro atoms. The third-order valence-corrected chi connectivity index (χ3v) is 4.05. The first-order valence-electron chi connectivity index (χ1n) is 4.84. The smallest absolute Gasteiger partial charge is 0.335 e. The maximum Gasteiger partial charge on any atom is 0.335 e. The van der Waals surface area contributed by atoms with Gasteiger partial charge in [-0.2, -0.15) is 4.31 Å². The highest BCUT2D eigenvalue weighted by Gasteiger charge is 2.27. The van der Waals surface area contributed by atoms with Crippen molar-refractivity contribution < 1.29 is 27.1 Å². The highest BCUT2D eigenvalue weighted by molar-refractivity contribution is 7.89. The third kappa shape index (κ3) is 2.89. The van der Waals surface area contributed by atoms with Crippen LogP contribution in [-0.4, -0.2) is 37.4 Å². The molecule has 0 fully saturated rings. The van der Waals surface area contributed by atoms with E-state index in [1.54, 1.807) is 0 Å². The van der Waals surface area contributed by atoms with Crippen LogP contribution in [0.3, 0.4) is 0 Å². The summed E-state index contributed by atoms with van der Waals surface area (Å²) in [4.78, 5) is 9.64. The van der Waals surface area contributed by atoms with E-state index in [0.29, 0.717) is 16.4 Å². The van der Waals surface area contributed by atoms with Gasteiger partial charge in [-0.25, -0.2) is 22.0 Å². The highest BCUT2D eigenvalue weighted by Crippen LogP contribution is 2.22. The van der Waals surface area contributed by atoms with E-state index in [1.165, 1.54) is 0 Å². The number of carboxylic acids is 1. The van der Waals surface area contributed by atoms with Gasteiger partial charge < -0.3 is 5.11 Å². The molecule has 0 saturated carbocycles. The molecule has 19 heavy (non-hydrogen) atoms. The summed E-state index contributed by atoms with van der Waals surface area (Å²) in [6.45, 7) is -0.360. The van der Waals surface area contributed by atoms with Crippen molar-refractivity contribution in [1.82, 2.24) is 4.31 Å². The van der Waals surface area contributed by atoms with Gasteiger partial charge in [0.15, 0.2) is 11.6 Å². The van der Waals surface area contributed by atoms with Gasteiger partial charge in [-0.05, 0) is 12.1 Å².